The molecule has 0 saturated carbocycles. The van der Waals surface area contributed by atoms with Crippen molar-refractivity contribution in [2.75, 3.05) is 16.0 Å². The summed E-state index contributed by atoms with van der Waals surface area (Å²) in [5.41, 5.74) is 5.25. The van der Waals surface area contributed by atoms with Gasteiger partial charge in [-0.1, -0.05) is 17.7 Å². The fourth-order valence-corrected chi connectivity index (χ4v) is 2.85. The Morgan fingerprint density at radius 1 is 0.828 bits per heavy atom. The average molecular weight is 389 g/mol. The van der Waals surface area contributed by atoms with E-state index in [1.54, 1.807) is 37.3 Å². The van der Waals surface area contributed by atoms with E-state index in [0.717, 1.165) is 22.5 Å². The van der Waals surface area contributed by atoms with Crippen LogP contribution < -0.4 is 16.0 Å². The van der Waals surface area contributed by atoms with Crippen molar-refractivity contribution in [2.45, 2.75) is 27.7 Å². The van der Waals surface area contributed by atoms with Gasteiger partial charge in [-0.2, -0.15) is 0 Å². The van der Waals surface area contributed by atoms with Crippen molar-refractivity contribution in [1.82, 2.24) is 9.97 Å². The van der Waals surface area contributed by atoms with Gasteiger partial charge in [-0.05, 0) is 62.7 Å². The molecular weight excluding hydrogens is 366 g/mol. The van der Waals surface area contributed by atoms with Gasteiger partial charge in [0.1, 0.15) is 5.69 Å². The summed E-state index contributed by atoms with van der Waals surface area (Å²) in [5, 5.41) is 8.70. The smallest absolute Gasteiger partial charge is 0.274 e. The fourth-order valence-electron chi connectivity index (χ4n) is 2.85. The van der Waals surface area contributed by atoms with Gasteiger partial charge in [0.2, 0.25) is 11.9 Å². The summed E-state index contributed by atoms with van der Waals surface area (Å²) in [6, 6.07) is 14.6. The number of benzene rings is 2. The Kier molecular flexibility index (Phi) is 5.87. The van der Waals surface area contributed by atoms with Crippen molar-refractivity contribution in [3.63, 3.8) is 0 Å². The molecule has 0 atom stereocenters. The van der Waals surface area contributed by atoms with Crippen LogP contribution in [0.1, 0.15) is 34.2 Å². The lowest BCUT2D eigenvalue weighted by atomic mass is 10.1. The van der Waals surface area contributed by atoms with Gasteiger partial charge in [0.25, 0.3) is 5.91 Å². The standard InChI is InChI=1S/C22H23N5O2/c1-13-5-10-19(14(2)11-13)26-21(29)20-12-15(3)23-22(27-20)25-18-8-6-17(7-9-18)24-16(4)28/h5-12H,1-4H3,(H,24,28)(H,26,29)(H,23,25,27). The highest BCUT2D eigenvalue weighted by atomic mass is 16.2. The maximum atomic E-state index is 12.7. The molecule has 0 aliphatic carbocycles. The molecule has 0 fully saturated rings. The second kappa shape index (κ2) is 8.52. The zero-order valence-corrected chi connectivity index (χ0v) is 16.8. The number of hydrogen-bond acceptors (Lipinski definition) is 5. The summed E-state index contributed by atoms with van der Waals surface area (Å²) >= 11 is 0. The molecule has 0 unspecified atom stereocenters. The second-order valence-electron chi connectivity index (χ2n) is 6.87. The second-order valence-corrected chi connectivity index (χ2v) is 6.87. The first-order chi connectivity index (χ1) is 13.8. The Balaban J connectivity index is 1.76. The Morgan fingerprint density at radius 3 is 2.17 bits per heavy atom. The molecule has 1 heterocycles. The van der Waals surface area contributed by atoms with Crippen LogP contribution >= 0.6 is 0 Å². The van der Waals surface area contributed by atoms with Crippen molar-refractivity contribution in [1.29, 1.82) is 0 Å². The molecule has 3 N–H and O–H groups in total. The molecule has 0 spiro atoms. The molecule has 3 rings (SSSR count). The highest BCUT2D eigenvalue weighted by Crippen LogP contribution is 2.19. The van der Waals surface area contributed by atoms with Gasteiger partial charge in [-0.25, -0.2) is 9.97 Å². The molecule has 0 aliphatic heterocycles. The summed E-state index contributed by atoms with van der Waals surface area (Å²) in [5.74, 6) is -0.109. The van der Waals surface area contributed by atoms with Crippen LogP contribution in [-0.4, -0.2) is 21.8 Å². The maximum Gasteiger partial charge on any atom is 0.274 e. The first-order valence-electron chi connectivity index (χ1n) is 9.19. The Bertz CT molecular complexity index is 1060. The highest BCUT2D eigenvalue weighted by Gasteiger charge is 2.12. The first-order valence-corrected chi connectivity index (χ1v) is 9.19. The Labute approximate surface area is 169 Å². The largest absolute Gasteiger partial charge is 0.326 e. The minimum Gasteiger partial charge on any atom is -0.326 e. The van der Waals surface area contributed by atoms with Gasteiger partial charge >= 0.3 is 0 Å². The van der Waals surface area contributed by atoms with Crippen molar-refractivity contribution in [3.8, 4) is 0 Å². The van der Waals surface area contributed by atoms with Gasteiger partial charge < -0.3 is 16.0 Å². The summed E-state index contributed by atoms with van der Waals surface area (Å²) in [7, 11) is 0. The third kappa shape index (κ3) is 5.38. The predicted molar refractivity (Wildman–Crippen MR) is 115 cm³/mol. The zero-order chi connectivity index (χ0) is 21.0. The van der Waals surface area contributed by atoms with Crippen LogP contribution in [0.5, 0.6) is 0 Å². The average Bonchev–Trinajstić information content (AvgIpc) is 2.64. The van der Waals surface area contributed by atoms with Gasteiger partial charge in [0, 0.05) is 29.7 Å². The molecule has 29 heavy (non-hydrogen) atoms. The molecule has 0 bridgehead atoms. The molecular formula is C22H23N5O2. The molecule has 1 aromatic heterocycles. The highest BCUT2D eigenvalue weighted by molar-refractivity contribution is 6.03. The lowest BCUT2D eigenvalue weighted by molar-refractivity contribution is -0.114. The molecule has 148 valence electrons. The number of rotatable bonds is 5. The fraction of sp³-hybridized carbons (Fsp3) is 0.182. The number of aryl methyl sites for hydroxylation is 3. The lowest BCUT2D eigenvalue weighted by Gasteiger charge is -2.11. The number of anilines is 4. The third-order valence-electron chi connectivity index (χ3n) is 4.18. The van der Waals surface area contributed by atoms with Crippen molar-refractivity contribution < 1.29 is 9.59 Å². The third-order valence-corrected chi connectivity index (χ3v) is 4.18. The molecule has 0 saturated heterocycles. The molecule has 7 heteroatoms. The van der Waals surface area contributed by atoms with Crippen molar-refractivity contribution in [2.24, 2.45) is 0 Å². The van der Waals surface area contributed by atoms with E-state index in [1.807, 2.05) is 32.0 Å². The van der Waals surface area contributed by atoms with E-state index < -0.39 is 0 Å². The van der Waals surface area contributed by atoms with E-state index in [9.17, 15) is 9.59 Å². The van der Waals surface area contributed by atoms with Gasteiger partial charge in [0.15, 0.2) is 0 Å². The SMILES string of the molecule is CC(=O)Nc1ccc(Nc2nc(C)cc(C(=O)Nc3ccc(C)cc3C)n2)cc1. The lowest BCUT2D eigenvalue weighted by Crippen LogP contribution is -2.16. The number of nitrogens with zero attached hydrogens (tertiary/aromatic N) is 2. The van der Waals surface area contributed by atoms with E-state index in [4.69, 9.17) is 0 Å². The zero-order valence-electron chi connectivity index (χ0n) is 16.8. The Morgan fingerprint density at radius 2 is 1.52 bits per heavy atom. The maximum absolute atomic E-state index is 12.7. The normalized spacial score (nSPS) is 10.3. The number of aromatic nitrogens is 2. The van der Waals surface area contributed by atoms with Crippen LogP contribution in [0.3, 0.4) is 0 Å². The summed E-state index contributed by atoms with van der Waals surface area (Å²) in [6.45, 7) is 7.22. The summed E-state index contributed by atoms with van der Waals surface area (Å²) in [4.78, 5) is 32.5. The number of amides is 2. The van der Waals surface area contributed by atoms with Crippen LogP contribution in [0.25, 0.3) is 0 Å². The topological polar surface area (TPSA) is 96.0 Å². The van der Waals surface area contributed by atoms with Crippen LogP contribution in [-0.2, 0) is 4.79 Å². The number of carbonyl (C=O) groups excluding carboxylic acids is 2. The summed E-state index contributed by atoms with van der Waals surface area (Å²) < 4.78 is 0. The molecule has 0 aliphatic rings. The van der Waals surface area contributed by atoms with E-state index in [2.05, 4.69) is 25.9 Å². The van der Waals surface area contributed by atoms with E-state index in [1.165, 1.54) is 6.92 Å². The molecule has 2 aromatic carbocycles. The van der Waals surface area contributed by atoms with Crippen LogP contribution in [0.15, 0.2) is 48.5 Å². The minimum absolute atomic E-state index is 0.132. The van der Waals surface area contributed by atoms with Crippen LogP contribution in [0.4, 0.5) is 23.0 Å². The van der Waals surface area contributed by atoms with Crippen molar-refractivity contribution in [3.05, 3.63) is 71.0 Å². The van der Waals surface area contributed by atoms with E-state index in [0.29, 0.717) is 17.3 Å². The van der Waals surface area contributed by atoms with E-state index >= 15 is 0 Å². The first kappa shape index (κ1) is 20.0. The molecule has 2 amide bonds. The number of nitrogens with one attached hydrogen (secondary N) is 3. The quantitative estimate of drug-likeness (QED) is 0.603. The minimum atomic E-state index is -0.300. The molecule has 0 radical (unpaired) electrons. The van der Waals surface area contributed by atoms with Crippen LogP contribution in [0, 0.1) is 20.8 Å². The predicted octanol–water partition coefficient (Wildman–Crippen LogP) is 4.36. The molecule has 3 aromatic rings. The molecule has 7 nitrogen and oxygen atoms in total. The Hall–Kier alpha value is -3.74. The number of carbonyl (C=O) groups is 2. The number of hydrogen-bond donors (Lipinski definition) is 3. The van der Waals surface area contributed by atoms with Gasteiger partial charge in [-0.3, -0.25) is 9.59 Å². The van der Waals surface area contributed by atoms with Crippen molar-refractivity contribution >= 4 is 34.8 Å². The summed E-state index contributed by atoms with van der Waals surface area (Å²) in [6.07, 6.45) is 0. The van der Waals surface area contributed by atoms with Gasteiger partial charge in [-0.15, -0.1) is 0 Å². The van der Waals surface area contributed by atoms with Gasteiger partial charge in [0.05, 0.1) is 0 Å². The monoisotopic (exact) mass is 389 g/mol. The van der Waals surface area contributed by atoms with Crippen LogP contribution in [0.2, 0.25) is 0 Å². The van der Waals surface area contributed by atoms with E-state index in [-0.39, 0.29) is 17.5 Å².